The number of halogens is 5. The summed E-state index contributed by atoms with van der Waals surface area (Å²) in [5.41, 5.74) is 3.81. The lowest BCUT2D eigenvalue weighted by Crippen LogP contribution is -2.39. The third-order valence-corrected chi connectivity index (χ3v) is 9.68. The Morgan fingerprint density at radius 2 is 1.90 bits per heavy atom. The number of anilines is 2. The number of ether oxygens (including phenoxy) is 2. The molecular weight excluding hydrogens is 671 g/mol. The Labute approximate surface area is 279 Å². The number of nitrogen functional groups attached to an aromatic ring is 1. The summed E-state index contributed by atoms with van der Waals surface area (Å²) in [5, 5.41) is 4.06. The molecule has 1 fully saturated rings. The number of nitrogens with zero attached hydrogens (tertiary/aromatic N) is 7. The van der Waals surface area contributed by atoms with E-state index in [0.29, 0.717) is 24.1 Å². The molecule has 17 heteroatoms. The van der Waals surface area contributed by atoms with E-state index in [1.807, 2.05) is 0 Å². The highest BCUT2D eigenvalue weighted by Gasteiger charge is 2.41. The third-order valence-electron chi connectivity index (χ3n) is 8.98. The number of hydrogen-bond donors (Lipinski definition) is 1. The van der Waals surface area contributed by atoms with E-state index in [1.165, 1.54) is 36.2 Å². The lowest BCUT2D eigenvalue weighted by Gasteiger charge is -2.34. The van der Waals surface area contributed by atoms with Gasteiger partial charge in [-0.05, 0) is 57.7 Å². The summed E-state index contributed by atoms with van der Waals surface area (Å²) in [6.45, 7) is 5.14. The highest BCUT2D eigenvalue weighted by Crippen LogP contribution is 2.48. The van der Waals surface area contributed by atoms with Crippen molar-refractivity contribution in [2.45, 2.75) is 69.7 Å². The highest BCUT2D eigenvalue weighted by atomic mass is 32.2. The van der Waals surface area contributed by atoms with Crippen molar-refractivity contribution in [3.8, 4) is 17.1 Å². The van der Waals surface area contributed by atoms with Crippen molar-refractivity contribution >= 4 is 44.6 Å². The molecule has 11 nitrogen and oxygen atoms in total. The Kier molecular flexibility index (Phi) is 8.26. The lowest BCUT2D eigenvalue weighted by molar-refractivity contribution is -0.137. The maximum atomic E-state index is 17.1. The quantitative estimate of drug-likeness (QED) is 0.124. The van der Waals surface area contributed by atoms with Crippen LogP contribution in [-0.4, -0.2) is 59.8 Å². The van der Waals surface area contributed by atoms with Crippen LogP contribution in [0.15, 0.2) is 29.7 Å². The molecule has 7 rings (SSSR count). The first-order valence-corrected chi connectivity index (χ1v) is 17.1. The minimum atomic E-state index is -4.92. The van der Waals surface area contributed by atoms with Crippen LogP contribution in [0.3, 0.4) is 0 Å². The summed E-state index contributed by atoms with van der Waals surface area (Å²) in [6.07, 6.45) is 0.398. The average molecular weight is 703 g/mol. The van der Waals surface area contributed by atoms with E-state index in [0.717, 1.165) is 19.0 Å². The van der Waals surface area contributed by atoms with Gasteiger partial charge in [0.15, 0.2) is 17.9 Å². The molecule has 2 unspecified atom stereocenters. The Morgan fingerprint density at radius 1 is 1.12 bits per heavy atom. The highest BCUT2D eigenvalue weighted by molar-refractivity contribution is 7.90. The summed E-state index contributed by atoms with van der Waals surface area (Å²) in [5.74, 6) is -1.99. The molecule has 2 N–H and O–H groups in total. The summed E-state index contributed by atoms with van der Waals surface area (Å²) in [6, 6.07) is 1.29. The van der Waals surface area contributed by atoms with Gasteiger partial charge < -0.3 is 24.7 Å². The number of benzene rings is 1. The van der Waals surface area contributed by atoms with Crippen molar-refractivity contribution < 1.29 is 36.0 Å². The minimum Gasteiger partial charge on any atom is -0.609 e. The predicted molar refractivity (Wildman–Crippen MR) is 171 cm³/mol. The number of aryl methyl sites for hydroxylation is 1. The molecule has 0 aliphatic carbocycles. The zero-order chi connectivity index (χ0) is 34.9. The largest absolute Gasteiger partial charge is 0.609 e. The molecule has 2 aliphatic rings. The predicted octanol–water partition coefficient (Wildman–Crippen LogP) is 6.41. The van der Waals surface area contributed by atoms with E-state index in [-0.39, 0.29) is 45.6 Å². The second-order valence-corrected chi connectivity index (χ2v) is 13.5. The van der Waals surface area contributed by atoms with Gasteiger partial charge >= 0.3 is 11.3 Å². The van der Waals surface area contributed by atoms with E-state index in [1.54, 1.807) is 18.7 Å². The van der Waals surface area contributed by atoms with Crippen molar-refractivity contribution in [2.24, 2.45) is 0 Å². The van der Waals surface area contributed by atoms with Gasteiger partial charge in [0.05, 0.1) is 35.6 Å². The van der Waals surface area contributed by atoms with Crippen LogP contribution in [0.2, 0.25) is 0 Å². The monoisotopic (exact) mass is 702 g/mol. The number of aromatic nitrogens is 6. The van der Waals surface area contributed by atoms with Crippen molar-refractivity contribution in [2.75, 3.05) is 30.1 Å². The molecule has 1 saturated heterocycles. The van der Waals surface area contributed by atoms with Crippen molar-refractivity contribution in [1.29, 1.82) is 0 Å². The standard InChI is InChI=1S/C32H31F5N8O3S/c1-14-9-20-19(12-40-45(20)21-7-5-6-8-47-21)22(24(14)32(35,36)37)26-25(34)27-23-29(43-31(42-27)49(4)46)44(15(2)13-48-30(23)41-26)16(3)18-10-17(33)11-39-28(18)38/h9-12,15-16,21H,5-8,13H2,1-4H3,(H2,38,39)/t15-,16+,21?,49?/m0/s1. The molecular formula is C32H31F5N8O3S. The summed E-state index contributed by atoms with van der Waals surface area (Å²) < 4.78 is 102. The molecule has 0 spiro atoms. The topological polar surface area (TPSA) is 140 Å². The fraction of sp³-hybridized carbons (Fsp3) is 0.406. The van der Waals surface area contributed by atoms with Crippen LogP contribution in [0.5, 0.6) is 5.88 Å². The van der Waals surface area contributed by atoms with Gasteiger partial charge in [-0.25, -0.2) is 23.4 Å². The van der Waals surface area contributed by atoms with Crippen LogP contribution in [0.1, 0.15) is 62.1 Å². The molecule has 6 heterocycles. The molecule has 0 bridgehead atoms. The van der Waals surface area contributed by atoms with Crippen molar-refractivity contribution in [3.05, 3.63) is 52.9 Å². The molecule has 4 aromatic heterocycles. The Bertz CT molecular complexity index is 2100. The Hall–Kier alpha value is -4.35. The number of rotatable bonds is 5. The molecule has 0 saturated carbocycles. The molecule has 0 amide bonds. The molecule has 0 radical (unpaired) electrons. The first-order chi connectivity index (χ1) is 23.3. The second-order valence-electron chi connectivity index (χ2n) is 12.2. The molecule has 4 atom stereocenters. The van der Waals surface area contributed by atoms with Gasteiger partial charge in [0.25, 0.3) is 0 Å². The van der Waals surface area contributed by atoms with E-state index in [4.69, 9.17) is 15.2 Å². The second kappa shape index (κ2) is 12.2. The maximum absolute atomic E-state index is 17.1. The van der Waals surface area contributed by atoms with Crippen LogP contribution in [0.25, 0.3) is 33.1 Å². The van der Waals surface area contributed by atoms with Crippen LogP contribution < -0.4 is 15.4 Å². The number of alkyl halides is 3. The fourth-order valence-electron chi connectivity index (χ4n) is 6.77. The van der Waals surface area contributed by atoms with E-state index in [2.05, 4.69) is 25.0 Å². The van der Waals surface area contributed by atoms with Gasteiger partial charge in [0.1, 0.15) is 41.1 Å². The van der Waals surface area contributed by atoms with E-state index in [9.17, 15) is 22.1 Å². The molecule has 5 aromatic rings. The van der Waals surface area contributed by atoms with Crippen LogP contribution >= 0.6 is 0 Å². The average Bonchev–Trinajstić information content (AvgIpc) is 3.42. The van der Waals surface area contributed by atoms with Gasteiger partial charge in [-0.3, -0.25) is 0 Å². The van der Waals surface area contributed by atoms with Crippen LogP contribution in [-0.2, 0) is 22.1 Å². The molecule has 1 aromatic carbocycles. The smallest absolute Gasteiger partial charge is 0.417 e. The summed E-state index contributed by atoms with van der Waals surface area (Å²) in [4.78, 5) is 18.8. The fourth-order valence-corrected chi connectivity index (χ4v) is 7.20. The normalized spacial score (nSPS) is 19.6. The summed E-state index contributed by atoms with van der Waals surface area (Å²) in [7, 11) is 0. The van der Waals surface area contributed by atoms with Crippen LogP contribution in [0, 0.1) is 18.6 Å². The first-order valence-electron chi connectivity index (χ1n) is 15.5. The molecule has 258 valence electrons. The number of pyridine rings is 2. The van der Waals surface area contributed by atoms with Crippen molar-refractivity contribution in [1.82, 2.24) is 29.7 Å². The Balaban J connectivity index is 1.53. The van der Waals surface area contributed by atoms with E-state index < -0.39 is 69.6 Å². The third kappa shape index (κ3) is 5.56. The van der Waals surface area contributed by atoms with Gasteiger partial charge in [-0.2, -0.15) is 28.2 Å². The number of hydrogen-bond acceptors (Lipinski definition) is 10. The Morgan fingerprint density at radius 3 is 2.59 bits per heavy atom. The van der Waals surface area contributed by atoms with Crippen LogP contribution in [0.4, 0.5) is 33.6 Å². The van der Waals surface area contributed by atoms with Gasteiger partial charge in [-0.15, -0.1) is 0 Å². The zero-order valence-electron chi connectivity index (χ0n) is 26.8. The SMILES string of the molecule is Cc1cc2c(cnn2C2CCCCO2)c(-c2nc3c4c(nc([S+](C)[O-])nc4c2F)N([C@H](C)c2cc(F)cnc2N)[C@@H](C)CO3)c1C(F)(F)F. The van der Waals surface area contributed by atoms with Gasteiger partial charge in [0, 0.05) is 34.3 Å². The summed E-state index contributed by atoms with van der Waals surface area (Å²) >= 11 is -1.86. The van der Waals surface area contributed by atoms with Gasteiger partial charge in [-0.1, -0.05) is 0 Å². The molecule has 2 aliphatic heterocycles. The number of fused-ring (bicyclic) bond motifs is 1. The minimum absolute atomic E-state index is 0.00457. The lowest BCUT2D eigenvalue weighted by atomic mass is 9.94. The first kappa shape index (κ1) is 33.2. The molecule has 49 heavy (non-hydrogen) atoms. The van der Waals surface area contributed by atoms with Gasteiger partial charge in [0.2, 0.25) is 5.88 Å². The number of nitrogens with two attached hydrogens (primary N) is 1. The van der Waals surface area contributed by atoms with E-state index >= 15 is 4.39 Å². The zero-order valence-corrected chi connectivity index (χ0v) is 27.6. The van der Waals surface area contributed by atoms with Crippen molar-refractivity contribution in [3.63, 3.8) is 0 Å². The maximum Gasteiger partial charge on any atom is 0.417 e.